The van der Waals surface area contributed by atoms with Crippen molar-refractivity contribution in [3.05, 3.63) is 47.5 Å². The minimum atomic E-state index is 0.0115. The molecule has 1 unspecified atom stereocenters. The van der Waals surface area contributed by atoms with Gasteiger partial charge in [0, 0.05) is 38.1 Å². The zero-order valence-electron chi connectivity index (χ0n) is 15.2. The molecule has 1 aromatic carbocycles. The zero-order chi connectivity index (χ0) is 17.8. The largest absolute Gasteiger partial charge is 0.497 e. The number of nitrogens with one attached hydrogen (secondary N) is 1. The van der Waals surface area contributed by atoms with Crippen molar-refractivity contribution in [1.29, 1.82) is 0 Å². The molecule has 1 aromatic heterocycles. The Kier molecular flexibility index (Phi) is 5.26. The third-order valence-corrected chi connectivity index (χ3v) is 4.87. The standard InChI is InChI=1S/C19H26N4O2/c1-14-10-20-15(2)23(14)13-17-8-9-22(12-17)19(24)21-11-16-4-6-18(25-3)7-5-16/h4-7,10,17H,8-9,11-13H2,1-3H3,(H,21,24). The molecule has 134 valence electrons. The van der Waals surface area contributed by atoms with Crippen LogP contribution in [0.3, 0.4) is 0 Å². The first-order valence-electron chi connectivity index (χ1n) is 8.71. The van der Waals surface area contributed by atoms with Gasteiger partial charge in [-0.1, -0.05) is 12.1 Å². The SMILES string of the molecule is COc1ccc(CNC(=O)N2CCC(Cn3c(C)cnc3C)C2)cc1. The van der Waals surface area contributed by atoms with Gasteiger partial charge in [0.25, 0.3) is 0 Å². The predicted molar refractivity (Wildman–Crippen MR) is 96.6 cm³/mol. The Bertz CT molecular complexity index is 704. The van der Waals surface area contributed by atoms with Crippen LogP contribution in [0.25, 0.3) is 0 Å². The van der Waals surface area contributed by atoms with Gasteiger partial charge < -0.3 is 19.5 Å². The van der Waals surface area contributed by atoms with Crippen molar-refractivity contribution < 1.29 is 9.53 Å². The molecule has 6 heteroatoms. The lowest BCUT2D eigenvalue weighted by molar-refractivity contribution is 0.206. The van der Waals surface area contributed by atoms with Crippen LogP contribution in [0.4, 0.5) is 4.79 Å². The van der Waals surface area contributed by atoms with E-state index in [2.05, 4.69) is 21.8 Å². The smallest absolute Gasteiger partial charge is 0.317 e. The second kappa shape index (κ2) is 7.59. The average Bonchev–Trinajstić information content (AvgIpc) is 3.22. The Hall–Kier alpha value is -2.50. The molecule has 0 radical (unpaired) electrons. The lowest BCUT2D eigenvalue weighted by Gasteiger charge is -2.18. The number of likely N-dealkylation sites (tertiary alicyclic amines) is 1. The van der Waals surface area contributed by atoms with E-state index >= 15 is 0 Å². The monoisotopic (exact) mass is 342 g/mol. The van der Waals surface area contributed by atoms with Crippen molar-refractivity contribution in [3.8, 4) is 5.75 Å². The van der Waals surface area contributed by atoms with E-state index < -0.39 is 0 Å². The van der Waals surface area contributed by atoms with Crippen LogP contribution in [0, 0.1) is 19.8 Å². The molecular weight excluding hydrogens is 316 g/mol. The van der Waals surface area contributed by atoms with Crippen molar-refractivity contribution in [1.82, 2.24) is 19.8 Å². The van der Waals surface area contributed by atoms with E-state index in [1.807, 2.05) is 42.3 Å². The lowest BCUT2D eigenvalue weighted by Crippen LogP contribution is -2.38. The third kappa shape index (κ3) is 4.13. The van der Waals surface area contributed by atoms with E-state index in [1.165, 1.54) is 5.69 Å². The number of hydrogen-bond donors (Lipinski definition) is 1. The maximum absolute atomic E-state index is 12.4. The highest BCUT2D eigenvalue weighted by molar-refractivity contribution is 5.74. The van der Waals surface area contributed by atoms with Crippen molar-refractivity contribution >= 4 is 6.03 Å². The summed E-state index contributed by atoms with van der Waals surface area (Å²) in [5, 5.41) is 3.01. The Morgan fingerprint density at radius 3 is 2.72 bits per heavy atom. The summed E-state index contributed by atoms with van der Waals surface area (Å²) in [6.07, 6.45) is 2.94. The van der Waals surface area contributed by atoms with Crippen LogP contribution in [0.1, 0.15) is 23.5 Å². The number of rotatable bonds is 5. The Labute approximate surface area is 148 Å². The number of aryl methyl sites for hydroxylation is 2. The molecule has 25 heavy (non-hydrogen) atoms. The van der Waals surface area contributed by atoms with Crippen molar-refractivity contribution in [2.24, 2.45) is 5.92 Å². The summed E-state index contributed by atoms with van der Waals surface area (Å²) in [4.78, 5) is 18.7. The number of urea groups is 1. The molecule has 0 bridgehead atoms. The Morgan fingerprint density at radius 2 is 2.08 bits per heavy atom. The molecule has 1 saturated heterocycles. The number of imidazole rings is 1. The molecule has 0 aliphatic carbocycles. The average molecular weight is 342 g/mol. The van der Waals surface area contributed by atoms with Crippen LogP contribution in [0.5, 0.6) is 5.75 Å². The molecule has 0 spiro atoms. The Balaban J connectivity index is 1.48. The molecule has 1 atom stereocenters. The van der Waals surface area contributed by atoms with Crippen LogP contribution in [-0.2, 0) is 13.1 Å². The zero-order valence-corrected chi connectivity index (χ0v) is 15.2. The third-order valence-electron chi connectivity index (χ3n) is 4.87. The first-order chi connectivity index (χ1) is 12.1. The number of aromatic nitrogens is 2. The predicted octanol–water partition coefficient (Wildman–Crippen LogP) is 2.74. The van der Waals surface area contributed by atoms with Gasteiger partial charge in [-0.25, -0.2) is 9.78 Å². The number of benzene rings is 1. The summed E-state index contributed by atoms with van der Waals surface area (Å²) in [6.45, 7) is 7.18. The van der Waals surface area contributed by atoms with Crippen molar-refractivity contribution in [3.63, 3.8) is 0 Å². The summed E-state index contributed by atoms with van der Waals surface area (Å²) < 4.78 is 7.39. The summed E-state index contributed by atoms with van der Waals surface area (Å²) in [7, 11) is 1.65. The number of hydrogen-bond acceptors (Lipinski definition) is 3. The summed E-state index contributed by atoms with van der Waals surface area (Å²) in [6, 6.07) is 7.76. The van der Waals surface area contributed by atoms with Gasteiger partial charge >= 0.3 is 6.03 Å². The fourth-order valence-corrected chi connectivity index (χ4v) is 3.31. The van der Waals surface area contributed by atoms with Crippen molar-refractivity contribution in [2.75, 3.05) is 20.2 Å². The van der Waals surface area contributed by atoms with Gasteiger partial charge in [0.1, 0.15) is 11.6 Å². The molecule has 0 saturated carbocycles. The highest BCUT2D eigenvalue weighted by Crippen LogP contribution is 2.20. The summed E-state index contributed by atoms with van der Waals surface area (Å²) >= 11 is 0. The van der Waals surface area contributed by atoms with Gasteiger partial charge in [0.05, 0.1) is 7.11 Å². The fourth-order valence-electron chi connectivity index (χ4n) is 3.31. The molecular formula is C19H26N4O2. The molecule has 1 N–H and O–H groups in total. The second-order valence-electron chi connectivity index (χ2n) is 6.66. The number of carbonyl (C=O) groups excluding carboxylic acids is 1. The minimum absolute atomic E-state index is 0.0115. The molecule has 1 fully saturated rings. The van der Waals surface area contributed by atoms with E-state index in [4.69, 9.17) is 4.74 Å². The van der Waals surface area contributed by atoms with E-state index in [0.717, 1.165) is 43.2 Å². The highest BCUT2D eigenvalue weighted by atomic mass is 16.5. The summed E-state index contributed by atoms with van der Waals surface area (Å²) in [5.41, 5.74) is 2.24. The topological polar surface area (TPSA) is 59.4 Å². The minimum Gasteiger partial charge on any atom is -0.497 e. The fraction of sp³-hybridized carbons (Fsp3) is 0.474. The van der Waals surface area contributed by atoms with E-state index in [0.29, 0.717) is 12.5 Å². The summed E-state index contributed by atoms with van der Waals surface area (Å²) in [5.74, 6) is 2.35. The van der Waals surface area contributed by atoms with E-state index in [1.54, 1.807) is 7.11 Å². The van der Waals surface area contributed by atoms with Crippen LogP contribution < -0.4 is 10.1 Å². The molecule has 2 heterocycles. The van der Waals surface area contributed by atoms with Gasteiger partial charge in [-0.15, -0.1) is 0 Å². The maximum Gasteiger partial charge on any atom is 0.317 e. The van der Waals surface area contributed by atoms with Crippen LogP contribution >= 0.6 is 0 Å². The molecule has 2 amide bonds. The van der Waals surface area contributed by atoms with Gasteiger partial charge in [0.15, 0.2) is 0 Å². The van der Waals surface area contributed by atoms with Crippen molar-refractivity contribution in [2.45, 2.75) is 33.4 Å². The van der Waals surface area contributed by atoms with E-state index in [-0.39, 0.29) is 6.03 Å². The molecule has 3 rings (SSSR count). The number of nitrogens with zero attached hydrogens (tertiary/aromatic N) is 3. The number of carbonyl (C=O) groups is 1. The first kappa shape index (κ1) is 17.3. The van der Waals surface area contributed by atoms with Gasteiger partial charge in [0.2, 0.25) is 0 Å². The quantitative estimate of drug-likeness (QED) is 0.909. The molecule has 1 aliphatic rings. The molecule has 2 aromatic rings. The number of ether oxygens (including phenoxy) is 1. The van der Waals surface area contributed by atoms with Gasteiger partial charge in [-0.05, 0) is 43.9 Å². The Morgan fingerprint density at radius 1 is 1.32 bits per heavy atom. The number of methoxy groups -OCH3 is 1. The first-order valence-corrected chi connectivity index (χ1v) is 8.71. The lowest BCUT2D eigenvalue weighted by atomic mass is 10.1. The second-order valence-corrected chi connectivity index (χ2v) is 6.66. The number of amides is 2. The highest BCUT2D eigenvalue weighted by Gasteiger charge is 2.26. The van der Waals surface area contributed by atoms with Gasteiger partial charge in [-0.3, -0.25) is 0 Å². The van der Waals surface area contributed by atoms with Crippen LogP contribution in [-0.4, -0.2) is 40.7 Å². The van der Waals surface area contributed by atoms with Crippen LogP contribution in [0.2, 0.25) is 0 Å². The van der Waals surface area contributed by atoms with E-state index in [9.17, 15) is 4.79 Å². The molecule has 1 aliphatic heterocycles. The normalized spacial score (nSPS) is 16.9. The van der Waals surface area contributed by atoms with Gasteiger partial charge in [-0.2, -0.15) is 0 Å². The maximum atomic E-state index is 12.4. The molecule has 6 nitrogen and oxygen atoms in total. The van der Waals surface area contributed by atoms with Crippen LogP contribution in [0.15, 0.2) is 30.5 Å².